The van der Waals surface area contributed by atoms with Gasteiger partial charge in [-0.25, -0.2) is 9.97 Å². The average molecular weight is 325 g/mol. The quantitative estimate of drug-likeness (QED) is 0.815. The molecule has 0 radical (unpaired) electrons. The number of amides is 1. The summed E-state index contributed by atoms with van der Waals surface area (Å²) in [4.78, 5) is 23.5. The van der Waals surface area contributed by atoms with Crippen LogP contribution in [-0.4, -0.2) is 54.0 Å². The summed E-state index contributed by atoms with van der Waals surface area (Å²) in [5, 5.41) is 6.26. The van der Waals surface area contributed by atoms with Crippen LogP contribution in [0.5, 0.6) is 0 Å². The third-order valence-electron chi connectivity index (χ3n) is 3.77. The first-order chi connectivity index (χ1) is 11.6. The number of nitrogens with one attached hydrogen (secondary N) is 2. The van der Waals surface area contributed by atoms with E-state index in [0.717, 1.165) is 31.5 Å². The van der Waals surface area contributed by atoms with Crippen molar-refractivity contribution in [2.24, 2.45) is 0 Å². The lowest BCUT2D eigenvalue weighted by Gasteiger charge is -2.13. The van der Waals surface area contributed by atoms with Crippen molar-refractivity contribution in [3.63, 3.8) is 0 Å². The average Bonchev–Trinajstić information content (AvgIpc) is 3.39. The van der Waals surface area contributed by atoms with Gasteiger partial charge in [0.15, 0.2) is 5.82 Å². The second kappa shape index (κ2) is 7.40. The van der Waals surface area contributed by atoms with E-state index in [-0.39, 0.29) is 5.91 Å². The molecule has 1 fully saturated rings. The van der Waals surface area contributed by atoms with Crippen LogP contribution < -0.4 is 10.6 Å². The van der Waals surface area contributed by atoms with Crippen molar-refractivity contribution in [3.8, 4) is 11.4 Å². The molecule has 126 valence electrons. The van der Waals surface area contributed by atoms with Crippen LogP contribution in [0.4, 0.5) is 5.82 Å². The summed E-state index contributed by atoms with van der Waals surface area (Å²) < 4.78 is 0. The number of carbonyl (C=O) groups excluding carboxylic acids is 1. The summed E-state index contributed by atoms with van der Waals surface area (Å²) >= 11 is 0. The number of rotatable bonds is 7. The largest absolute Gasteiger partial charge is 0.369 e. The fourth-order valence-corrected chi connectivity index (χ4v) is 2.27. The van der Waals surface area contributed by atoms with Crippen LogP contribution >= 0.6 is 0 Å². The van der Waals surface area contributed by atoms with Gasteiger partial charge >= 0.3 is 0 Å². The van der Waals surface area contributed by atoms with Gasteiger partial charge in [-0.1, -0.05) is 30.3 Å². The van der Waals surface area contributed by atoms with E-state index in [1.807, 2.05) is 44.4 Å². The minimum absolute atomic E-state index is 0.132. The zero-order chi connectivity index (χ0) is 16.9. The Kier molecular flexibility index (Phi) is 5.05. The van der Waals surface area contributed by atoms with Crippen LogP contribution in [0.1, 0.15) is 23.3 Å². The van der Waals surface area contributed by atoms with Crippen molar-refractivity contribution >= 4 is 11.7 Å². The van der Waals surface area contributed by atoms with E-state index in [2.05, 4.69) is 25.5 Å². The number of nitrogens with zero attached hydrogens (tertiary/aromatic N) is 3. The third-order valence-corrected chi connectivity index (χ3v) is 3.77. The molecule has 2 N–H and O–H groups in total. The predicted molar refractivity (Wildman–Crippen MR) is 95.0 cm³/mol. The molecule has 1 aromatic carbocycles. The molecule has 1 saturated carbocycles. The van der Waals surface area contributed by atoms with Crippen LogP contribution in [0.25, 0.3) is 11.4 Å². The maximum Gasteiger partial charge on any atom is 0.270 e. The van der Waals surface area contributed by atoms with Gasteiger partial charge in [0.1, 0.15) is 11.5 Å². The van der Waals surface area contributed by atoms with Gasteiger partial charge in [-0.15, -0.1) is 0 Å². The fourth-order valence-electron chi connectivity index (χ4n) is 2.27. The van der Waals surface area contributed by atoms with Gasteiger partial charge in [-0.2, -0.15) is 0 Å². The SMILES string of the molecule is CN(C)CCNc1cc(C(=O)NC2CC2)nc(-c2ccccc2)n1. The minimum Gasteiger partial charge on any atom is -0.369 e. The molecule has 0 atom stereocenters. The first-order valence-corrected chi connectivity index (χ1v) is 8.26. The second-order valence-electron chi connectivity index (χ2n) is 6.31. The van der Waals surface area contributed by atoms with Crippen LogP contribution in [-0.2, 0) is 0 Å². The molecule has 1 aliphatic rings. The van der Waals surface area contributed by atoms with Crippen molar-refractivity contribution in [2.45, 2.75) is 18.9 Å². The summed E-state index contributed by atoms with van der Waals surface area (Å²) in [7, 11) is 4.04. The number of aromatic nitrogens is 2. The van der Waals surface area contributed by atoms with Crippen molar-refractivity contribution in [2.75, 3.05) is 32.5 Å². The van der Waals surface area contributed by atoms with E-state index in [1.165, 1.54) is 0 Å². The van der Waals surface area contributed by atoms with Crippen molar-refractivity contribution in [3.05, 3.63) is 42.1 Å². The van der Waals surface area contributed by atoms with E-state index in [9.17, 15) is 4.79 Å². The summed E-state index contributed by atoms with van der Waals surface area (Å²) in [5.74, 6) is 1.10. The van der Waals surface area contributed by atoms with Crippen LogP contribution in [0.3, 0.4) is 0 Å². The number of likely N-dealkylation sites (N-methyl/N-ethyl adjacent to an activating group) is 1. The van der Waals surface area contributed by atoms with Gasteiger partial charge in [0, 0.05) is 30.8 Å². The van der Waals surface area contributed by atoms with E-state index in [4.69, 9.17) is 0 Å². The molecular formula is C18H23N5O. The summed E-state index contributed by atoms with van der Waals surface area (Å²) in [5.41, 5.74) is 1.30. The van der Waals surface area contributed by atoms with Crippen molar-refractivity contribution in [1.82, 2.24) is 20.2 Å². The highest BCUT2D eigenvalue weighted by atomic mass is 16.2. The van der Waals surface area contributed by atoms with Crippen molar-refractivity contribution < 1.29 is 4.79 Å². The van der Waals surface area contributed by atoms with Gasteiger partial charge in [0.05, 0.1) is 0 Å². The molecular weight excluding hydrogens is 302 g/mol. The predicted octanol–water partition coefficient (Wildman–Crippen LogP) is 2.01. The van der Waals surface area contributed by atoms with Crippen LogP contribution in [0, 0.1) is 0 Å². The highest BCUT2D eigenvalue weighted by molar-refractivity contribution is 5.93. The molecule has 24 heavy (non-hydrogen) atoms. The second-order valence-corrected chi connectivity index (χ2v) is 6.31. The van der Waals surface area contributed by atoms with Gasteiger partial charge < -0.3 is 15.5 Å². The number of hydrogen-bond acceptors (Lipinski definition) is 5. The molecule has 1 amide bonds. The molecule has 6 nitrogen and oxygen atoms in total. The standard InChI is InChI=1S/C18H23N5O/c1-23(2)11-10-19-16-12-15(18(24)20-14-8-9-14)21-17(22-16)13-6-4-3-5-7-13/h3-7,12,14H,8-11H2,1-2H3,(H,20,24)(H,19,21,22). The van der Waals surface area contributed by atoms with Gasteiger partial charge in [-0.3, -0.25) is 4.79 Å². The molecule has 6 heteroatoms. The molecule has 0 aliphatic heterocycles. The van der Waals surface area contributed by atoms with Crippen LogP contribution in [0.15, 0.2) is 36.4 Å². The number of carbonyl (C=O) groups is 1. The Morgan fingerprint density at radius 2 is 1.96 bits per heavy atom. The maximum absolute atomic E-state index is 12.4. The Morgan fingerprint density at radius 1 is 1.21 bits per heavy atom. The van der Waals surface area contributed by atoms with E-state index in [1.54, 1.807) is 6.07 Å². The zero-order valence-electron chi connectivity index (χ0n) is 14.1. The van der Waals surface area contributed by atoms with E-state index < -0.39 is 0 Å². The summed E-state index contributed by atoms with van der Waals surface area (Å²) in [6.07, 6.45) is 2.10. The highest BCUT2D eigenvalue weighted by Gasteiger charge is 2.25. The Labute approximate surface area is 142 Å². The summed E-state index contributed by atoms with van der Waals surface area (Å²) in [6, 6.07) is 11.7. The van der Waals surface area contributed by atoms with Crippen molar-refractivity contribution in [1.29, 1.82) is 0 Å². The smallest absolute Gasteiger partial charge is 0.270 e. The van der Waals surface area contributed by atoms with Gasteiger partial charge in [0.2, 0.25) is 0 Å². The molecule has 0 saturated heterocycles. The van der Waals surface area contributed by atoms with Gasteiger partial charge in [0.25, 0.3) is 5.91 Å². The summed E-state index contributed by atoms with van der Waals surface area (Å²) in [6.45, 7) is 1.64. The lowest BCUT2D eigenvalue weighted by atomic mass is 10.2. The third kappa shape index (κ3) is 4.52. The lowest BCUT2D eigenvalue weighted by Crippen LogP contribution is -2.27. The lowest BCUT2D eigenvalue weighted by molar-refractivity contribution is 0.0946. The molecule has 0 bridgehead atoms. The van der Waals surface area contributed by atoms with Crippen LogP contribution in [0.2, 0.25) is 0 Å². The maximum atomic E-state index is 12.4. The monoisotopic (exact) mass is 325 g/mol. The molecule has 3 rings (SSSR count). The topological polar surface area (TPSA) is 70.2 Å². The fraction of sp³-hybridized carbons (Fsp3) is 0.389. The molecule has 1 heterocycles. The Balaban J connectivity index is 1.85. The highest BCUT2D eigenvalue weighted by Crippen LogP contribution is 2.21. The van der Waals surface area contributed by atoms with E-state index in [0.29, 0.717) is 23.4 Å². The van der Waals surface area contributed by atoms with E-state index >= 15 is 0 Å². The minimum atomic E-state index is -0.132. The number of anilines is 1. The first kappa shape index (κ1) is 16.4. The first-order valence-electron chi connectivity index (χ1n) is 8.26. The molecule has 2 aromatic rings. The molecule has 1 aromatic heterocycles. The number of benzene rings is 1. The molecule has 1 aliphatic carbocycles. The van der Waals surface area contributed by atoms with Gasteiger partial charge in [-0.05, 0) is 26.9 Å². The Bertz CT molecular complexity index is 698. The molecule has 0 unspecified atom stereocenters. The Hall–Kier alpha value is -2.47. The Morgan fingerprint density at radius 3 is 2.62 bits per heavy atom. The number of hydrogen-bond donors (Lipinski definition) is 2. The normalized spacial score (nSPS) is 13.8. The zero-order valence-corrected chi connectivity index (χ0v) is 14.1. The molecule has 0 spiro atoms.